The van der Waals surface area contributed by atoms with Gasteiger partial charge in [-0.15, -0.1) is 0 Å². The van der Waals surface area contributed by atoms with E-state index in [1.165, 1.54) is 19.3 Å². The summed E-state index contributed by atoms with van der Waals surface area (Å²) in [6.07, 6.45) is 5.90. The SMILES string of the molecule is CC1CN(c2ccccc2NC(=O)C2CC3CCCC(C2)C3N)CC(C)O1. The van der Waals surface area contributed by atoms with Crippen LogP contribution in [-0.4, -0.2) is 37.2 Å². The Hall–Kier alpha value is -1.59. The summed E-state index contributed by atoms with van der Waals surface area (Å²) >= 11 is 0. The third-order valence-corrected chi connectivity index (χ3v) is 6.71. The van der Waals surface area contributed by atoms with Gasteiger partial charge in [0.1, 0.15) is 0 Å². The van der Waals surface area contributed by atoms with Crippen molar-refractivity contribution >= 4 is 17.3 Å². The Morgan fingerprint density at radius 3 is 2.41 bits per heavy atom. The second-order valence-electron chi connectivity index (χ2n) is 8.87. The number of benzene rings is 1. The van der Waals surface area contributed by atoms with Crippen LogP contribution in [0.4, 0.5) is 11.4 Å². The fraction of sp³-hybridized carbons (Fsp3) is 0.682. The first-order valence-electron chi connectivity index (χ1n) is 10.6. The molecule has 1 saturated heterocycles. The highest BCUT2D eigenvalue weighted by Crippen LogP contribution is 2.42. The topological polar surface area (TPSA) is 67.6 Å². The van der Waals surface area contributed by atoms with Gasteiger partial charge < -0.3 is 20.7 Å². The number of carbonyl (C=O) groups is 1. The van der Waals surface area contributed by atoms with Crippen LogP contribution in [0, 0.1) is 17.8 Å². The molecule has 3 fully saturated rings. The van der Waals surface area contributed by atoms with Crippen LogP contribution in [0.1, 0.15) is 46.0 Å². The Labute approximate surface area is 162 Å². The van der Waals surface area contributed by atoms with Crippen molar-refractivity contribution in [3.63, 3.8) is 0 Å². The molecule has 2 bridgehead atoms. The summed E-state index contributed by atoms with van der Waals surface area (Å²) in [5.41, 5.74) is 8.41. The van der Waals surface area contributed by atoms with E-state index in [-0.39, 0.29) is 24.0 Å². The van der Waals surface area contributed by atoms with Gasteiger partial charge in [0.25, 0.3) is 0 Å². The number of nitrogens with zero attached hydrogens (tertiary/aromatic N) is 1. The van der Waals surface area contributed by atoms with E-state index in [0.717, 1.165) is 37.3 Å². The third kappa shape index (κ3) is 3.99. The van der Waals surface area contributed by atoms with Crippen LogP contribution in [0.3, 0.4) is 0 Å². The molecule has 148 valence electrons. The van der Waals surface area contributed by atoms with Crippen molar-refractivity contribution in [2.75, 3.05) is 23.3 Å². The number of hydrogen-bond acceptors (Lipinski definition) is 4. The third-order valence-electron chi connectivity index (χ3n) is 6.71. The van der Waals surface area contributed by atoms with Crippen LogP contribution in [0.2, 0.25) is 0 Å². The molecule has 1 amide bonds. The van der Waals surface area contributed by atoms with Crippen molar-refractivity contribution in [1.29, 1.82) is 0 Å². The second-order valence-corrected chi connectivity index (χ2v) is 8.87. The first-order valence-corrected chi connectivity index (χ1v) is 10.6. The maximum Gasteiger partial charge on any atom is 0.227 e. The molecule has 1 aromatic rings. The lowest BCUT2D eigenvalue weighted by Crippen LogP contribution is -2.48. The van der Waals surface area contributed by atoms with E-state index in [1.54, 1.807) is 0 Å². The fourth-order valence-corrected chi connectivity index (χ4v) is 5.47. The molecule has 4 atom stereocenters. The van der Waals surface area contributed by atoms with Gasteiger partial charge in [-0.25, -0.2) is 0 Å². The highest BCUT2D eigenvalue weighted by molar-refractivity contribution is 5.96. The van der Waals surface area contributed by atoms with Crippen LogP contribution in [0.15, 0.2) is 24.3 Å². The largest absolute Gasteiger partial charge is 0.372 e. The Morgan fingerprint density at radius 2 is 1.74 bits per heavy atom. The van der Waals surface area contributed by atoms with Crippen molar-refractivity contribution in [3.05, 3.63) is 24.3 Å². The summed E-state index contributed by atoms with van der Waals surface area (Å²) in [4.78, 5) is 15.4. The molecule has 4 unspecified atom stereocenters. The molecular weight excluding hydrogens is 338 g/mol. The van der Waals surface area contributed by atoms with Gasteiger partial charge >= 0.3 is 0 Å². The molecule has 1 aromatic carbocycles. The van der Waals surface area contributed by atoms with Gasteiger partial charge in [0.15, 0.2) is 0 Å². The van der Waals surface area contributed by atoms with Gasteiger partial charge in [-0.3, -0.25) is 4.79 Å². The first kappa shape index (κ1) is 18.8. The summed E-state index contributed by atoms with van der Waals surface area (Å²) in [5.74, 6) is 1.30. The highest BCUT2D eigenvalue weighted by Gasteiger charge is 2.40. The predicted octanol–water partition coefficient (Wildman–Crippen LogP) is 3.39. The van der Waals surface area contributed by atoms with Crippen LogP contribution >= 0.6 is 0 Å². The summed E-state index contributed by atoms with van der Waals surface area (Å²) in [6, 6.07) is 8.46. The van der Waals surface area contributed by atoms with E-state index < -0.39 is 0 Å². The molecule has 2 aliphatic carbocycles. The van der Waals surface area contributed by atoms with Crippen molar-refractivity contribution in [2.45, 2.75) is 64.2 Å². The van der Waals surface area contributed by atoms with Gasteiger partial charge in [0.2, 0.25) is 5.91 Å². The molecule has 0 aromatic heterocycles. The lowest BCUT2D eigenvalue weighted by atomic mass is 9.65. The number of nitrogens with two attached hydrogens (primary N) is 1. The second kappa shape index (κ2) is 7.80. The first-order chi connectivity index (χ1) is 13.0. The summed E-state index contributed by atoms with van der Waals surface area (Å²) in [6.45, 7) is 5.90. The summed E-state index contributed by atoms with van der Waals surface area (Å²) in [5, 5.41) is 3.25. The summed E-state index contributed by atoms with van der Waals surface area (Å²) < 4.78 is 5.87. The van der Waals surface area contributed by atoms with Crippen molar-refractivity contribution in [3.8, 4) is 0 Å². The van der Waals surface area contributed by atoms with Crippen molar-refractivity contribution in [2.24, 2.45) is 23.5 Å². The molecule has 0 spiro atoms. The van der Waals surface area contributed by atoms with E-state index in [9.17, 15) is 4.79 Å². The van der Waals surface area contributed by atoms with Crippen LogP contribution in [0.5, 0.6) is 0 Å². The number of para-hydroxylation sites is 2. The van der Waals surface area contributed by atoms with Gasteiger partial charge in [-0.1, -0.05) is 18.6 Å². The highest BCUT2D eigenvalue weighted by atomic mass is 16.5. The minimum atomic E-state index is 0.0932. The van der Waals surface area contributed by atoms with E-state index in [4.69, 9.17) is 10.5 Å². The molecule has 1 heterocycles. The molecule has 5 nitrogen and oxygen atoms in total. The smallest absolute Gasteiger partial charge is 0.227 e. The van der Waals surface area contributed by atoms with E-state index in [2.05, 4.69) is 30.1 Å². The maximum absolute atomic E-state index is 13.1. The Kier molecular flexibility index (Phi) is 5.42. The molecule has 1 aliphatic heterocycles. The Balaban J connectivity index is 1.47. The number of amides is 1. The molecule has 2 saturated carbocycles. The quantitative estimate of drug-likeness (QED) is 0.855. The standard InChI is InChI=1S/C22H33N3O2/c1-14-12-25(13-15(2)27-14)20-9-4-3-8-19(20)24-22(26)18-10-16-6-5-7-17(11-18)21(16)23/h3-4,8-9,14-18,21H,5-7,10-13,23H2,1-2H3,(H,24,26). The Bertz CT molecular complexity index is 655. The average molecular weight is 372 g/mol. The molecule has 3 aliphatic rings. The number of nitrogens with one attached hydrogen (secondary N) is 1. The zero-order chi connectivity index (χ0) is 19.0. The van der Waals surface area contributed by atoms with Crippen molar-refractivity contribution < 1.29 is 9.53 Å². The van der Waals surface area contributed by atoms with Gasteiger partial charge in [-0.2, -0.15) is 0 Å². The lowest BCUT2D eigenvalue weighted by molar-refractivity contribution is -0.122. The number of anilines is 2. The molecule has 5 heteroatoms. The van der Waals surface area contributed by atoms with Crippen LogP contribution < -0.4 is 16.0 Å². The van der Waals surface area contributed by atoms with Crippen LogP contribution in [-0.2, 0) is 9.53 Å². The zero-order valence-corrected chi connectivity index (χ0v) is 16.6. The van der Waals surface area contributed by atoms with Crippen LogP contribution in [0.25, 0.3) is 0 Å². The van der Waals surface area contributed by atoms with Crippen molar-refractivity contribution in [1.82, 2.24) is 0 Å². The molecule has 3 N–H and O–H groups in total. The van der Waals surface area contributed by atoms with Gasteiger partial charge in [-0.05, 0) is 63.5 Å². The summed E-state index contributed by atoms with van der Waals surface area (Å²) in [7, 11) is 0. The lowest BCUT2D eigenvalue weighted by Gasteiger charge is -2.43. The Morgan fingerprint density at radius 1 is 1.11 bits per heavy atom. The maximum atomic E-state index is 13.1. The fourth-order valence-electron chi connectivity index (χ4n) is 5.47. The number of carbonyl (C=O) groups excluding carboxylic acids is 1. The molecular formula is C22H33N3O2. The number of fused-ring (bicyclic) bond motifs is 2. The zero-order valence-electron chi connectivity index (χ0n) is 16.6. The van der Waals surface area contributed by atoms with E-state index in [0.29, 0.717) is 17.9 Å². The monoisotopic (exact) mass is 371 g/mol. The minimum Gasteiger partial charge on any atom is -0.372 e. The molecule has 0 radical (unpaired) electrons. The molecule has 4 rings (SSSR count). The van der Waals surface area contributed by atoms with E-state index >= 15 is 0 Å². The number of ether oxygens (including phenoxy) is 1. The number of rotatable bonds is 3. The van der Waals surface area contributed by atoms with Gasteiger partial charge in [0, 0.05) is 25.0 Å². The number of morpholine rings is 1. The number of hydrogen-bond donors (Lipinski definition) is 2. The predicted molar refractivity (Wildman–Crippen MR) is 109 cm³/mol. The minimum absolute atomic E-state index is 0.0932. The van der Waals surface area contributed by atoms with E-state index in [1.807, 2.05) is 18.2 Å². The average Bonchev–Trinajstić information content (AvgIpc) is 2.61. The van der Waals surface area contributed by atoms with Gasteiger partial charge in [0.05, 0.1) is 23.6 Å². The molecule has 27 heavy (non-hydrogen) atoms. The normalized spacial score (nSPS) is 36.3.